The molecule has 4 atom stereocenters. The van der Waals surface area contributed by atoms with Crippen LogP contribution in [0.2, 0.25) is 0 Å². The molecule has 2 bridgehead atoms. The fourth-order valence-electron chi connectivity index (χ4n) is 4.17. The summed E-state index contributed by atoms with van der Waals surface area (Å²) < 4.78 is 0. The van der Waals surface area contributed by atoms with E-state index in [2.05, 4.69) is 4.90 Å². The number of nitrogens with zero attached hydrogens (tertiary/aromatic N) is 1. The van der Waals surface area contributed by atoms with E-state index >= 15 is 0 Å². The van der Waals surface area contributed by atoms with Gasteiger partial charge in [0.25, 0.3) is 0 Å². The van der Waals surface area contributed by atoms with Gasteiger partial charge in [-0.2, -0.15) is 0 Å². The number of hydrogen-bond donors (Lipinski definition) is 1. The molecule has 0 radical (unpaired) electrons. The van der Waals surface area contributed by atoms with Crippen LogP contribution < -0.4 is 0 Å². The molecule has 1 saturated heterocycles. The van der Waals surface area contributed by atoms with Gasteiger partial charge in [0.05, 0.1) is 6.10 Å². The molecule has 0 unspecified atom stereocenters. The largest absolute Gasteiger partial charge is 0.392 e. The first kappa shape index (κ1) is 10.1. The summed E-state index contributed by atoms with van der Waals surface area (Å²) in [5, 5.41) is 10.3. The van der Waals surface area contributed by atoms with Crippen LogP contribution in [0.15, 0.2) is 0 Å². The van der Waals surface area contributed by atoms with E-state index in [9.17, 15) is 5.11 Å². The molecule has 2 saturated carbocycles. The summed E-state index contributed by atoms with van der Waals surface area (Å²) in [5.41, 5.74) is 0. The number of likely N-dealkylation sites (tertiary alicyclic amines) is 1. The zero-order valence-electron chi connectivity index (χ0n) is 9.57. The highest BCUT2D eigenvalue weighted by Crippen LogP contribution is 2.42. The van der Waals surface area contributed by atoms with Gasteiger partial charge in [-0.3, -0.25) is 0 Å². The summed E-state index contributed by atoms with van der Waals surface area (Å²) in [4.78, 5) is 2.66. The molecule has 0 aromatic carbocycles. The molecule has 2 aliphatic carbocycles. The van der Waals surface area contributed by atoms with Gasteiger partial charge in [-0.25, -0.2) is 0 Å². The number of aliphatic hydroxyl groups is 1. The van der Waals surface area contributed by atoms with Crippen molar-refractivity contribution in [2.45, 2.75) is 57.1 Å². The van der Waals surface area contributed by atoms with Crippen molar-refractivity contribution in [1.82, 2.24) is 4.90 Å². The van der Waals surface area contributed by atoms with E-state index in [1.165, 1.54) is 58.0 Å². The van der Waals surface area contributed by atoms with Gasteiger partial charge in [0.2, 0.25) is 0 Å². The summed E-state index contributed by atoms with van der Waals surface area (Å²) >= 11 is 0. The van der Waals surface area contributed by atoms with E-state index in [1.807, 2.05) is 0 Å². The second-order valence-corrected chi connectivity index (χ2v) is 5.73. The predicted octanol–water partition coefficient (Wildman–Crippen LogP) is 2.02. The standard InChI is InChI=1S/C13H23NO/c15-13-10-4-3-5-11(13)12(7-6-10)14-8-1-2-9-14/h10-13,15H,1-9H2/t10-,11-,12+,13+/m1/s1. The van der Waals surface area contributed by atoms with Crippen LogP contribution in [0.25, 0.3) is 0 Å². The van der Waals surface area contributed by atoms with Gasteiger partial charge in [-0.1, -0.05) is 6.42 Å². The first-order valence-corrected chi connectivity index (χ1v) is 6.78. The molecule has 1 N–H and O–H groups in total. The van der Waals surface area contributed by atoms with Gasteiger partial charge in [-0.15, -0.1) is 0 Å². The average molecular weight is 209 g/mol. The number of fused-ring (bicyclic) bond motifs is 2. The van der Waals surface area contributed by atoms with Crippen molar-refractivity contribution in [3.05, 3.63) is 0 Å². The maximum atomic E-state index is 10.3. The molecule has 0 aromatic heterocycles. The van der Waals surface area contributed by atoms with E-state index in [-0.39, 0.29) is 6.10 Å². The summed E-state index contributed by atoms with van der Waals surface area (Å²) in [6.07, 6.45) is 9.33. The van der Waals surface area contributed by atoms with Gasteiger partial charge >= 0.3 is 0 Å². The lowest BCUT2D eigenvalue weighted by Crippen LogP contribution is -2.51. The molecule has 2 heteroatoms. The van der Waals surface area contributed by atoms with E-state index in [0.29, 0.717) is 11.8 Å². The smallest absolute Gasteiger partial charge is 0.0611 e. The Balaban J connectivity index is 1.73. The molecule has 15 heavy (non-hydrogen) atoms. The van der Waals surface area contributed by atoms with Crippen LogP contribution in [0.4, 0.5) is 0 Å². The van der Waals surface area contributed by atoms with Crippen LogP contribution in [-0.4, -0.2) is 35.2 Å². The van der Waals surface area contributed by atoms with E-state index in [0.717, 1.165) is 6.04 Å². The van der Waals surface area contributed by atoms with Crippen LogP contribution in [0.3, 0.4) is 0 Å². The van der Waals surface area contributed by atoms with Crippen molar-refractivity contribution in [2.24, 2.45) is 11.8 Å². The third kappa shape index (κ3) is 1.72. The summed E-state index contributed by atoms with van der Waals surface area (Å²) in [5.74, 6) is 1.25. The van der Waals surface area contributed by atoms with Crippen molar-refractivity contribution in [3.63, 3.8) is 0 Å². The lowest BCUT2D eigenvalue weighted by Gasteiger charge is -2.47. The molecule has 3 rings (SSSR count). The highest BCUT2D eigenvalue weighted by Gasteiger charge is 2.43. The van der Waals surface area contributed by atoms with Crippen LogP contribution in [-0.2, 0) is 0 Å². The van der Waals surface area contributed by atoms with Crippen molar-refractivity contribution < 1.29 is 5.11 Å². The van der Waals surface area contributed by atoms with Crippen molar-refractivity contribution in [3.8, 4) is 0 Å². The van der Waals surface area contributed by atoms with Gasteiger partial charge < -0.3 is 10.0 Å². The Morgan fingerprint density at radius 2 is 1.67 bits per heavy atom. The summed E-state index contributed by atoms with van der Waals surface area (Å²) in [6.45, 7) is 2.58. The summed E-state index contributed by atoms with van der Waals surface area (Å²) in [7, 11) is 0. The average Bonchev–Trinajstić information content (AvgIpc) is 2.70. The molecule has 3 aliphatic rings. The fraction of sp³-hybridized carbons (Fsp3) is 1.00. The fourth-order valence-corrected chi connectivity index (χ4v) is 4.17. The second-order valence-electron chi connectivity index (χ2n) is 5.73. The highest BCUT2D eigenvalue weighted by atomic mass is 16.3. The van der Waals surface area contributed by atoms with Crippen molar-refractivity contribution in [2.75, 3.05) is 13.1 Å². The van der Waals surface area contributed by atoms with Crippen LogP contribution >= 0.6 is 0 Å². The molecule has 0 spiro atoms. The molecule has 0 amide bonds. The molecular formula is C13H23NO. The minimum atomic E-state index is 0.0260. The quantitative estimate of drug-likeness (QED) is 0.714. The van der Waals surface area contributed by atoms with Crippen LogP contribution in [0, 0.1) is 11.8 Å². The maximum Gasteiger partial charge on any atom is 0.0611 e. The van der Waals surface area contributed by atoms with Crippen molar-refractivity contribution in [1.29, 1.82) is 0 Å². The maximum absolute atomic E-state index is 10.3. The highest BCUT2D eigenvalue weighted by molar-refractivity contribution is 4.96. The predicted molar refractivity (Wildman–Crippen MR) is 60.7 cm³/mol. The monoisotopic (exact) mass is 209 g/mol. The third-order valence-corrected chi connectivity index (χ3v) is 4.97. The Morgan fingerprint density at radius 3 is 2.47 bits per heavy atom. The minimum Gasteiger partial charge on any atom is -0.392 e. The lowest BCUT2D eigenvalue weighted by atomic mass is 9.67. The van der Waals surface area contributed by atoms with E-state index < -0.39 is 0 Å². The first-order valence-electron chi connectivity index (χ1n) is 6.78. The lowest BCUT2D eigenvalue weighted by molar-refractivity contribution is -0.0580. The molecular weight excluding hydrogens is 186 g/mol. The molecule has 3 fully saturated rings. The van der Waals surface area contributed by atoms with Gasteiger partial charge in [0, 0.05) is 12.0 Å². The van der Waals surface area contributed by atoms with E-state index in [1.54, 1.807) is 0 Å². The molecule has 1 heterocycles. The number of hydrogen-bond acceptors (Lipinski definition) is 2. The zero-order chi connectivity index (χ0) is 10.3. The minimum absolute atomic E-state index is 0.0260. The molecule has 1 aliphatic heterocycles. The SMILES string of the molecule is O[C@H]1[C@@H]2CCC[C@@H]1[C@@H](N1CCCC1)CC2. The topological polar surface area (TPSA) is 23.5 Å². The molecule has 86 valence electrons. The Bertz CT molecular complexity index is 225. The van der Waals surface area contributed by atoms with Crippen LogP contribution in [0.5, 0.6) is 0 Å². The first-order chi connectivity index (χ1) is 7.36. The number of rotatable bonds is 1. The molecule has 2 nitrogen and oxygen atoms in total. The van der Waals surface area contributed by atoms with Crippen LogP contribution in [0.1, 0.15) is 44.9 Å². The van der Waals surface area contributed by atoms with Crippen molar-refractivity contribution >= 4 is 0 Å². The van der Waals surface area contributed by atoms with Gasteiger partial charge in [-0.05, 0) is 57.5 Å². The number of aliphatic hydroxyl groups excluding tert-OH is 1. The second kappa shape index (κ2) is 4.06. The third-order valence-electron chi connectivity index (χ3n) is 4.97. The molecule has 0 aromatic rings. The summed E-state index contributed by atoms with van der Waals surface area (Å²) in [6, 6.07) is 0.721. The Kier molecular flexibility index (Phi) is 2.73. The van der Waals surface area contributed by atoms with Gasteiger partial charge in [0.1, 0.15) is 0 Å². The van der Waals surface area contributed by atoms with E-state index in [4.69, 9.17) is 0 Å². The Hall–Kier alpha value is -0.0800. The zero-order valence-corrected chi connectivity index (χ0v) is 9.57. The normalized spacial score (nSPS) is 47.0. The van der Waals surface area contributed by atoms with Gasteiger partial charge in [0.15, 0.2) is 0 Å². The Morgan fingerprint density at radius 1 is 0.867 bits per heavy atom. The Labute approximate surface area is 92.7 Å².